The normalized spacial score (nSPS) is 20.3. The number of carbonyl (C=O) groups excluding carboxylic acids is 1. The zero-order valence-electron chi connectivity index (χ0n) is 9.33. The Labute approximate surface area is 98.9 Å². The van der Waals surface area contributed by atoms with Gasteiger partial charge >= 0.3 is 0 Å². The lowest BCUT2D eigenvalue weighted by Crippen LogP contribution is -2.42. The van der Waals surface area contributed by atoms with Crippen LogP contribution in [0, 0.1) is 0 Å². The van der Waals surface area contributed by atoms with E-state index in [1.807, 2.05) is 0 Å². The first-order chi connectivity index (χ1) is 8.08. The highest BCUT2D eigenvalue weighted by Gasteiger charge is 2.23. The van der Waals surface area contributed by atoms with Gasteiger partial charge in [0.2, 0.25) is 0 Å². The Morgan fingerprint density at radius 3 is 2.71 bits per heavy atom. The molecule has 1 heterocycles. The Hall–Kier alpha value is -1.75. The molecule has 1 atom stereocenters. The summed E-state index contributed by atoms with van der Waals surface area (Å²) in [6.45, 7) is 0.929. The summed E-state index contributed by atoms with van der Waals surface area (Å²) >= 11 is 0. The van der Waals surface area contributed by atoms with Crippen LogP contribution in [0.1, 0.15) is 23.2 Å². The van der Waals surface area contributed by atoms with Crippen molar-refractivity contribution >= 4 is 5.91 Å². The van der Waals surface area contributed by atoms with E-state index in [0.717, 1.165) is 6.42 Å². The molecule has 1 aromatic rings. The van der Waals surface area contributed by atoms with Crippen LogP contribution in [0.5, 0.6) is 11.5 Å². The molecule has 1 aliphatic rings. The van der Waals surface area contributed by atoms with Crippen LogP contribution in [0.25, 0.3) is 0 Å². The molecular weight excluding hydrogens is 222 g/mol. The highest BCUT2D eigenvalue weighted by atomic mass is 16.3. The van der Waals surface area contributed by atoms with Gasteiger partial charge in [0.05, 0.1) is 6.10 Å². The lowest BCUT2D eigenvalue weighted by atomic mass is 10.1. The quantitative estimate of drug-likeness (QED) is 0.628. The Bertz CT molecular complexity index is 433. The van der Waals surface area contributed by atoms with Crippen LogP contribution >= 0.6 is 0 Å². The van der Waals surface area contributed by atoms with E-state index >= 15 is 0 Å². The maximum atomic E-state index is 12.0. The molecule has 0 saturated carbocycles. The molecule has 5 nitrogen and oxygen atoms in total. The van der Waals surface area contributed by atoms with Crippen LogP contribution in [-0.4, -0.2) is 45.3 Å². The molecule has 3 N–H and O–H groups in total. The molecule has 92 valence electrons. The summed E-state index contributed by atoms with van der Waals surface area (Å²) in [5.74, 6) is -0.798. The van der Waals surface area contributed by atoms with Crippen LogP contribution in [0.3, 0.4) is 0 Å². The van der Waals surface area contributed by atoms with E-state index in [1.54, 1.807) is 4.90 Å². The Kier molecular flexibility index (Phi) is 3.19. The van der Waals surface area contributed by atoms with Crippen LogP contribution in [0.4, 0.5) is 0 Å². The van der Waals surface area contributed by atoms with Gasteiger partial charge in [-0.05, 0) is 31.0 Å². The Balaban J connectivity index is 2.15. The number of hydrogen-bond acceptors (Lipinski definition) is 4. The van der Waals surface area contributed by atoms with E-state index in [4.69, 9.17) is 5.11 Å². The third-order valence-corrected chi connectivity index (χ3v) is 2.91. The van der Waals surface area contributed by atoms with Gasteiger partial charge in [0.15, 0.2) is 11.5 Å². The van der Waals surface area contributed by atoms with Gasteiger partial charge in [0.1, 0.15) is 0 Å². The number of β-amino-alcohol motifs (C(OH)–C–C–N with tert-alkyl or cyclic N) is 1. The van der Waals surface area contributed by atoms with Gasteiger partial charge in [0, 0.05) is 18.7 Å². The van der Waals surface area contributed by atoms with Crippen molar-refractivity contribution < 1.29 is 20.1 Å². The minimum Gasteiger partial charge on any atom is -0.504 e. The number of aliphatic hydroxyl groups is 1. The monoisotopic (exact) mass is 237 g/mol. The van der Waals surface area contributed by atoms with Gasteiger partial charge < -0.3 is 20.2 Å². The molecular formula is C12H15NO4. The summed E-state index contributed by atoms with van der Waals surface area (Å²) in [4.78, 5) is 13.6. The average Bonchev–Trinajstić information content (AvgIpc) is 2.32. The third-order valence-electron chi connectivity index (χ3n) is 2.91. The summed E-state index contributed by atoms with van der Waals surface area (Å²) in [5.41, 5.74) is 0.314. The number of aliphatic hydroxyl groups excluding tert-OH is 1. The number of likely N-dealkylation sites (tertiary alicyclic amines) is 1. The van der Waals surface area contributed by atoms with Gasteiger partial charge in [0.25, 0.3) is 5.91 Å². The maximum absolute atomic E-state index is 12.0. The number of hydrogen-bond donors (Lipinski definition) is 3. The molecule has 1 aliphatic heterocycles. The number of aromatic hydroxyl groups is 2. The number of amides is 1. The minimum absolute atomic E-state index is 0.237. The first-order valence-electron chi connectivity index (χ1n) is 5.57. The molecule has 0 unspecified atom stereocenters. The largest absolute Gasteiger partial charge is 0.504 e. The molecule has 0 aromatic heterocycles. The van der Waals surface area contributed by atoms with Crippen LogP contribution in [0.2, 0.25) is 0 Å². The molecule has 1 amide bonds. The van der Waals surface area contributed by atoms with E-state index in [0.29, 0.717) is 25.1 Å². The van der Waals surface area contributed by atoms with Crippen molar-refractivity contribution in [2.75, 3.05) is 13.1 Å². The molecule has 1 saturated heterocycles. The number of nitrogens with zero attached hydrogens (tertiary/aromatic N) is 1. The number of phenolic OH excluding ortho intramolecular Hbond substituents is 2. The predicted molar refractivity (Wildman–Crippen MR) is 60.9 cm³/mol. The maximum Gasteiger partial charge on any atom is 0.254 e. The van der Waals surface area contributed by atoms with Crippen molar-refractivity contribution in [3.05, 3.63) is 23.8 Å². The van der Waals surface area contributed by atoms with E-state index in [-0.39, 0.29) is 17.4 Å². The fraction of sp³-hybridized carbons (Fsp3) is 0.417. The standard InChI is InChI=1S/C12H15NO4/c14-9-2-1-5-13(7-9)12(17)8-3-4-10(15)11(16)6-8/h3-4,6,9,14-16H,1-2,5,7H2/t9-/m0/s1. The highest BCUT2D eigenvalue weighted by Crippen LogP contribution is 2.26. The second kappa shape index (κ2) is 4.63. The number of rotatable bonds is 1. The van der Waals surface area contributed by atoms with Crippen molar-refractivity contribution in [2.45, 2.75) is 18.9 Å². The fourth-order valence-corrected chi connectivity index (χ4v) is 1.98. The summed E-state index contributed by atoms with van der Waals surface area (Å²) < 4.78 is 0. The molecule has 0 aliphatic carbocycles. The van der Waals surface area contributed by atoms with E-state index in [2.05, 4.69) is 0 Å². The van der Waals surface area contributed by atoms with Crippen LogP contribution < -0.4 is 0 Å². The van der Waals surface area contributed by atoms with E-state index in [9.17, 15) is 15.0 Å². The Morgan fingerprint density at radius 1 is 1.29 bits per heavy atom. The fourth-order valence-electron chi connectivity index (χ4n) is 1.98. The second-order valence-electron chi connectivity index (χ2n) is 4.25. The molecule has 0 spiro atoms. The van der Waals surface area contributed by atoms with E-state index < -0.39 is 6.10 Å². The minimum atomic E-state index is -0.474. The highest BCUT2D eigenvalue weighted by molar-refractivity contribution is 5.95. The lowest BCUT2D eigenvalue weighted by molar-refractivity contribution is 0.0473. The summed E-state index contributed by atoms with van der Waals surface area (Å²) in [7, 11) is 0. The number of carbonyl (C=O) groups is 1. The lowest BCUT2D eigenvalue weighted by Gasteiger charge is -2.30. The van der Waals surface area contributed by atoms with Crippen molar-refractivity contribution in [2.24, 2.45) is 0 Å². The zero-order chi connectivity index (χ0) is 12.4. The molecule has 17 heavy (non-hydrogen) atoms. The SMILES string of the molecule is O=C(c1ccc(O)c(O)c1)N1CCC[C@H](O)C1. The number of benzene rings is 1. The molecule has 5 heteroatoms. The zero-order valence-corrected chi connectivity index (χ0v) is 9.33. The topological polar surface area (TPSA) is 81.0 Å². The summed E-state index contributed by atoms with van der Waals surface area (Å²) in [6.07, 6.45) is 1.01. The van der Waals surface area contributed by atoms with Gasteiger partial charge in [-0.1, -0.05) is 0 Å². The van der Waals surface area contributed by atoms with E-state index in [1.165, 1.54) is 18.2 Å². The van der Waals surface area contributed by atoms with Crippen LogP contribution in [-0.2, 0) is 0 Å². The third kappa shape index (κ3) is 2.50. The average molecular weight is 237 g/mol. The van der Waals surface area contributed by atoms with Gasteiger partial charge in [-0.2, -0.15) is 0 Å². The first kappa shape index (κ1) is 11.7. The number of piperidine rings is 1. The smallest absolute Gasteiger partial charge is 0.254 e. The second-order valence-corrected chi connectivity index (χ2v) is 4.25. The predicted octanol–water partition coefficient (Wildman–Crippen LogP) is 0.695. The Morgan fingerprint density at radius 2 is 2.06 bits per heavy atom. The molecule has 0 radical (unpaired) electrons. The van der Waals surface area contributed by atoms with Gasteiger partial charge in [-0.15, -0.1) is 0 Å². The van der Waals surface area contributed by atoms with Gasteiger partial charge in [-0.3, -0.25) is 4.79 Å². The van der Waals surface area contributed by atoms with Gasteiger partial charge in [-0.25, -0.2) is 0 Å². The first-order valence-corrected chi connectivity index (χ1v) is 5.57. The number of phenols is 2. The van der Waals surface area contributed by atoms with Crippen molar-refractivity contribution in [1.82, 2.24) is 4.90 Å². The van der Waals surface area contributed by atoms with Crippen molar-refractivity contribution in [1.29, 1.82) is 0 Å². The molecule has 1 fully saturated rings. The molecule has 2 rings (SSSR count). The van der Waals surface area contributed by atoms with Crippen molar-refractivity contribution in [3.63, 3.8) is 0 Å². The summed E-state index contributed by atoms with van der Waals surface area (Å²) in [5, 5.41) is 28.0. The molecule has 0 bridgehead atoms. The molecule has 1 aromatic carbocycles. The van der Waals surface area contributed by atoms with Crippen molar-refractivity contribution in [3.8, 4) is 11.5 Å². The summed E-state index contributed by atoms with van der Waals surface area (Å²) in [6, 6.07) is 3.97. The van der Waals surface area contributed by atoms with Crippen LogP contribution in [0.15, 0.2) is 18.2 Å².